The number of fused-ring (bicyclic) bond motifs is 1. The van der Waals surface area contributed by atoms with E-state index in [1.165, 1.54) is 4.68 Å². The minimum atomic E-state index is -0.650. The number of para-hydroxylation sites is 1. The molecule has 27 heavy (non-hydrogen) atoms. The molecule has 0 bridgehead atoms. The number of hydrogen-bond acceptors (Lipinski definition) is 4. The molecule has 1 N–H and O–H groups in total. The quantitative estimate of drug-likeness (QED) is 0.752. The summed E-state index contributed by atoms with van der Waals surface area (Å²) in [6, 6.07) is 9.00. The van der Waals surface area contributed by atoms with Crippen LogP contribution in [-0.4, -0.2) is 31.5 Å². The fourth-order valence-corrected chi connectivity index (χ4v) is 3.26. The van der Waals surface area contributed by atoms with Crippen LogP contribution in [-0.2, 0) is 4.79 Å². The van der Waals surface area contributed by atoms with Gasteiger partial charge in [0, 0.05) is 6.04 Å². The number of amides is 1. The van der Waals surface area contributed by atoms with Crippen LogP contribution in [0.5, 0.6) is 0 Å². The number of hydrogen-bond donors (Lipinski definition) is 1. The molecule has 0 aliphatic rings. The third-order valence-corrected chi connectivity index (χ3v) is 4.55. The number of nitrogens with zero attached hydrogens (tertiary/aromatic N) is 4. The highest BCUT2D eigenvalue weighted by Gasteiger charge is 2.25. The first kappa shape index (κ1) is 18.8. The molecule has 0 aliphatic carbocycles. The molecular formula is C20H25N5O2. The average molecular weight is 367 g/mol. The number of carbonyl (C=O) groups excluding carboxylic acids is 1. The van der Waals surface area contributed by atoms with Crippen molar-refractivity contribution in [3.05, 3.63) is 52.1 Å². The standard InChI is InChI=1S/C20H25N5O2/c1-6-16(19(26)21-12(2)3)25-20(27)17-14(5)24(15-10-8-7-9-11-15)23-18(17)13(4)22-25/h7-12,16H,6H2,1-5H3,(H,21,26). The molecule has 3 aromatic rings. The number of aromatic nitrogens is 4. The van der Waals surface area contributed by atoms with Gasteiger partial charge in [-0.3, -0.25) is 9.59 Å². The van der Waals surface area contributed by atoms with E-state index in [9.17, 15) is 9.59 Å². The van der Waals surface area contributed by atoms with Crippen LogP contribution in [0.15, 0.2) is 35.1 Å². The summed E-state index contributed by atoms with van der Waals surface area (Å²) in [5.41, 5.74) is 2.51. The second-order valence-corrected chi connectivity index (χ2v) is 6.98. The van der Waals surface area contributed by atoms with Crippen LogP contribution in [0.25, 0.3) is 16.6 Å². The Morgan fingerprint density at radius 2 is 1.81 bits per heavy atom. The van der Waals surface area contributed by atoms with E-state index in [2.05, 4.69) is 15.5 Å². The summed E-state index contributed by atoms with van der Waals surface area (Å²) in [4.78, 5) is 25.8. The Kier molecular flexibility index (Phi) is 5.12. The van der Waals surface area contributed by atoms with Crippen LogP contribution >= 0.6 is 0 Å². The molecule has 142 valence electrons. The molecule has 1 atom stereocenters. The van der Waals surface area contributed by atoms with Gasteiger partial charge in [0.05, 0.1) is 22.5 Å². The Balaban J connectivity index is 2.20. The number of carbonyl (C=O) groups is 1. The van der Waals surface area contributed by atoms with E-state index in [1.54, 1.807) is 4.68 Å². The van der Waals surface area contributed by atoms with Gasteiger partial charge in [-0.15, -0.1) is 0 Å². The van der Waals surface area contributed by atoms with E-state index in [0.29, 0.717) is 23.0 Å². The van der Waals surface area contributed by atoms with Crippen molar-refractivity contribution < 1.29 is 4.79 Å². The molecule has 0 saturated heterocycles. The summed E-state index contributed by atoms with van der Waals surface area (Å²) in [6.07, 6.45) is 0.474. The molecule has 0 saturated carbocycles. The maximum atomic E-state index is 13.2. The molecule has 0 radical (unpaired) electrons. The highest BCUT2D eigenvalue weighted by molar-refractivity contribution is 5.84. The molecule has 0 fully saturated rings. The molecule has 1 unspecified atom stereocenters. The van der Waals surface area contributed by atoms with Gasteiger partial charge in [0.15, 0.2) is 0 Å². The third-order valence-electron chi connectivity index (χ3n) is 4.55. The van der Waals surface area contributed by atoms with Crippen molar-refractivity contribution in [1.82, 2.24) is 24.9 Å². The maximum Gasteiger partial charge on any atom is 0.278 e. The van der Waals surface area contributed by atoms with Gasteiger partial charge in [-0.2, -0.15) is 10.2 Å². The summed E-state index contributed by atoms with van der Waals surface area (Å²) < 4.78 is 3.06. The van der Waals surface area contributed by atoms with Crippen LogP contribution in [0.3, 0.4) is 0 Å². The van der Waals surface area contributed by atoms with Crippen molar-refractivity contribution in [2.45, 2.75) is 53.1 Å². The number of rotatable bonds is 5. The van der Waals surface area contributed by atoms with Gasteiger partial charge in [0.2, 0.25) is 5.91 Å². The second kappa shape index (κ2) is 7.34. The lowest BCUT2D eigenvalue weighted by Crippen LogP contribution is -2.41. The molecular weight excluding hydrogens is 342 g/mol. The van der Waals surface area contributed by atoms with Crippen molar-refractivity contribution in [1.29, 1.82) is 0 Å². The molecule has 0 spiro atoms. The monoisotopic (exact) mass is 367 g/mol. The van der Waals surface area contributed by atoms with Crippen LogP contribution in [0.1, 0.15) is 44.6 Å². The first-order chi connectivity index (χ1) is 12.8. The zero-order chi connectivity index (χ0) is 19.7. The van der Waals surface area contributed by atoms with Crippen molar-refractivity contribution in [3.8, 4) is 5.69 Å². The highest BCUT2D eigenvalue weighted by atomic mass is 16.2. The first-order valence-corrected chi connectivity index (χ1v) is 9.19. The predicted octanol–water partition coefficient (Wildman–Crippen LogP) is 2.67. The molecule has 2 aromatic heterocycles. The molecule has 3 rings (SSSR count). The van der Waals surface area contributed by atoms with E-state index in [1.807, 2.05) is 65.0 Å². The van der Waals surface area contributed by atoms with Gasteiger partial charge in [-0.25, -0.2) is 9.36 Å². The van der Waals surface area contributed by atoms with Crippen molar-refractivity contribution in [2.24, 2.45) is 0 Å². The Labute approximate surface area is 158 Å². The van der Waals surface area contributed by atoms with Gasteiger partial charge in [-0.05, 0) is 46.2 Å². The summed E-state index contributed by atoms with van der Waals surface area (Å²) in [5, 5.41) is 12.4. The van der Waals surface area contributed by atoms with E-state index >= 15 is 0 Å². The van der Waals surface area contributed by atoms with Crippen LogP contribution < -0.4 is 10.9 Å². The van der Waals surface area contributed by atoms with E-state index in [0.717, 1.165) is 11.4 Å². The van der Waals surface area contributed by atoms with E-state index in [-0.39, 0.29) is 17.5 Å². The second-order valence-electron chi connectivity index (χ2n) is 6.98. The fourth-order valence-electron chi connectivity index (χ4n) is 3.26. The normalized spacial score (nSPS) is 12.5. The molecule has 7 heteroatoms. The van der Waals surface area contributed by atoms with Gasteiger partial charge in [0.1, 0.15) is 11.6 Å². The molecule has 2 heterocycles. The highest BCUT2D eigenvalue weighted by Crippen LogP contribution is 2.21. The van der Waals surface area contributed by atoms with Crippen molar-refractivity contribution in [3.63, 3.8) is 0 Å². The lowest BCUT2D eigenvalue weighted by atomic mass is 10.2. The first-order valence-electron chi connectivity index (χ1n) is 9.19. The fraction of sp³-hybridized carbons (Fsp3) is 0.400. The molecule has 7 nitrogen and oxygen atoms in total. The molecule has 1 aromatic carbocycles. The molecule has 1 amide bonds. The zero-order valence-electron chi connectivity index (χ0n) is 16.4. The Hall–Kier alpha value is -2.96. The van der Waals surface area contributed by atoms with E-state index in [4.69, 9.17) is 0 Å². The van der Waals surface area contributed by atoms with Gasteiger partial charge >= 0.3 is 0 Å². The smallest absolute Gasteiger partial charge is 0.278 e. The summed E-state index contributed by atoms with van der Waals surface area (Å²) in [7, 11) is 0. The van der Waals surface area contributed by atoms with E-state index < -0.39 is 6.04 Å². The number of nitrogens with one attached hydrogen (secondary N) is 1. The Bertz CT molecular complexity index is 1030. The predicted molar refractivity (Wildman–Crippen MR) is 105 cm³/mol. The summed E-state index contributed by atoms with van der Waals surface area (Å²) in [5.74, 6) is -0.200. The Morgan fingerprint density at radius 3 is 2.41 bits per heavy atom. The van der Waals surface area contributed by atoms with Crippen LogP contribution in [0.2, 0.25) is 0 Å². The lowest BCUT2D eigenvalue weighted by molar-refractivity contribution is -0.125. The van der Waals surface area contributed by atoms with Crippen molar-refractivity contribution in [2.75, 3.05) is 0 Å². The van der Waals surface area contributed by atoms with Gasteiger partial charge in [-0.1, -0.05) is 25.1 Å². The largest absolute Gasteiger partial charge is 0.352 e. The average Bonchev–Trinajstić information content (AvgIpc) is 2.98. The zero-order valence-corrected chi connectivity index (χ0v) is 16.4. The topological polar surface area (TPSA) is 81.8 Å². The van der Waals surface area contributed by atoms with Crippen molar-refractivity contribution >= 4 is 16.8 Å². The molecule has 0 aliphatic heterocycles. The van der Waals surface area contributed by atoms with Crippen LogP contribution in [0.4, 0.5) is 0 Å². The van der Waals surface area contributed by atoms with Gasteiger partial charge in [0.25, 0.3) is 5.56 Å². The minimum absolute atomic E-state index is 0.00496. The van der Waals surface area contributed by atoms with Gasteiger partial charge < -0.3 is 5.32 Å². The Morgan fingerprint density at radius 1 is 1.15 bits per heavy atom. The SMILES string of the molecule is CCC(C(=O)NC(C)C)n1nc(C)c2nn(-c3ccccc3)c(C)c2c1=O. The summed E-state index contributed by atoms with van der Waals surface area (Å²) in [6.45, 7) is 9.33. The number of benzene rings is 1. The number of aryl methyl sites for hydroxylation is 2. The summed E-state index contributed by atoms with van der Waals surface area (Å²) >= 11 is 0. The minimum Gasteiger partial charge on any atom is -0.352 e. The third kappa shape index (κ3) is 3.37. The van der Waals surface area contributed by atoms with Crippen LogP contribution in [0, 0.1) is 13.8 Å². The maximum absolute atomic E-state index is 13.2. The lowest BCUT2D eigenvalue weighted by Gasteiger charge is -2.18.